The zero-order chi connectivity index (χ0) is 13.5. The van der Waals surface area contributed by atoms with Gasteiger partial charge >= 0.3 is 0 Å². The van der Waals surface area contributed by atoms with E-state index >= 15 is 0 Å². The Hall–Kier alpha value is -1.90. The molecule has 1 aliphatic rings. The number of hydrogen-bond donors (Lipinski definition) is 0. The van der Waals surface area contributed by atoms with Crippen LogP contribution in [0.25, 0.3) is 0 Å². The van der Waals surface area contributed by atoms with E-state index in [1.54, 1.807) is 0 Å². The molecular formula is C15H17NO2. The predicted octanol–water partition coefficient (Wildman–Crippen LogP) is 2.80. The Balaban J connectivity index is 2.33. The number of carbonyl (C=O) groups is 2. The SMILES string of the molecule is C=C1CC(=O)N(c2ccc(C(C)(C)C)cc2)C1=O. The molecule has 1 aliphatic heterocycles. The van der Waals surface area contributed by atoms with Gasteiger partial charge in [0, 0.05) is 5.57 Å². The Kier molecular flexibility index (Phi) is 2.85. The van der Waals surface area contributed by atoms with Crippen molar-refractivity contribution in [1.29, 1.82) is 0 Å². The van der Waals surface area contributed by atoms with Crippen LogP contribution in [0, 0.1) is 0 Å². The molecule has 0 atom stereocenters. The Bertz CT molecular complexity index is 520. The number of imide groups is 1. The molecule has 0 spiro atoms. The van der Waals surface area contributed by atoms with Crippen LogP contribution < -0.4 is 4.90 Å². The van der Waals surface area contributed by atoms with E-state index in [0.717, 1.165) is 0 Å². The maximum atomic E-state index is 11.8. The average molecular weight is 243 g/mol. The quantitative estimate of drug-likeness (QED) is 0.562. The standard InChI is InChI=1S/C15H17NO2/c1-10-9-13(17)16(14(10)18)12-7-5-11(6-8-12)15(2,3)4/h5-8H,1,9H2,2-4H3. The first-order valence-corrected chi connectivity index (χ1v) is 5.96. The second-order valence-corrected chi connectivity index (χ2v) is 5.61. The van der Waals surface area contributed by atoms with E-state index in [4.69, 9.17) is 0 Å². The van der Waals surface area contributed by atoms with Crippen molar-refractivity contribution >= 4 is 17.5 Å². The number of benzene rings is 1. The number of nitrogens with zero attached hydrogens (tertiary/aromatic N) is 1. The van der Waals surface area contributed by atoms with Gasteiger partial charge in [0.05, 0.1) is 12.1 Å². The van der Waals surface area contributed by atoms with Crippen LogP contribution in [0.5, 0.6) is 0 Å². The van der Waals surface area contributed by atoms with E-state index in [1.165, 1.54) is 10.5 Å². The Morgan fingerprint density at radius 1 is 1.11 bits per heavy atom. The Morgan fingerprint density at radius 3 is 2.06 bits per heavy atom. The highest BCUT2D eigenvalue weighted by Crippen LogP contribution is 2.28. The average Bonchev–Trinajstić information content (AvgIpc) is 2.52. The molecule has 0 aromatic heterocycles. The number of hydrogen-bond acceptors (Lipinski definition) is 2. The fourth-order valence-electron chi connectivity index (χ4n) is 1.98. The van der Waals surface area contributed by atoms with E-state index in [-0.39, 0.29) is 23.7 Å². The lowest BCUT2D eigenvalue weighted by atomic mass is 9.87. The monoisotopic (exact) mass is 243 g/mol. The zero-order valence-corrected chi connectivity index (χ0v) is 11.0. The van der Waals surface area contributed by atoms with Gasteiger partial charge in [0.2, 0.25) is 5.91 Å². The van der Waals surface area contributed by atoms with E-state index < -0.39 is 0 Å². The normalized spacial score (nSPS) is 16.6. The molecule has 3 heteroatoms. The fraction of sp³-hybridized carbons (Fsp3) is 0.333. The molecule has 3 nitrogen and oxygen atoms in total. The maximum Gasteiger partial charge on any atom is 0.260 e. The summed E-state index contributed by atoms with van der Waals surface area (Å²) in [5.74, 6) is -0.489. The summed E-state index contributed by atoms with van der Waals surface area (Å²) in [6.07, 6.45) is 0.125. The van der Waals surface area contributed by atoms with Crippen molar-refractivity contribution in [3.63, 3.8) is 0 Å². The largest absolute Gasteiger partial charge is 0.274 e. The molecule has 0 unspecified atom stereocenters. The molecule has 2 rings (SSSR count). The molecule has 1 fully saturated rings. The van der Waals surface area contributed by atoms with Crippen LogP contribution >= 0.6 is 0 Å². The molecular weight excluding hydrogens is 226 g/mol. The van der Waals surface area contributed by atoms with Crippen molar-refractivity contribution in [2.45, 2.75) is 32.6 Å². The summed E-state index contributed by atoms with van der Waals surface area (Å²) in [6.45, 7) is 9.97. The van der Waals surface area contributed by atoms with Crippen LogP contribution in [-0.2, 0) is 15.0 Å². The number of amides is 2. The smallest absolute Gasteiger partial charge is 0.260 e. The van der Waals surface area contributed by atoms with E-state index in [1.807, 2.05) is 24.3 Å². The minimum Gasteiger partial charge on any atom is -0.274 e. The molecule has 0 saturated carbocycles. The summed E-state index contributed by atoms with van der Waals surface area (Å²) >= 11 is 0. The maximum absolute atomic E-state index is 11.8. The van der Waals surface area contributed by atoms with Gasteiger partial charge in [-0.3, -0.25) is 9.59 Å². The Labute approximate surface area is 107 Å². The molecule has 1 aromatic rings. The summed E-state index contributed by atoms with van der Waals surface area (Å²) in [7, 11) is 0. The number of anilines is 1. The molecule has 18 heavy (non-hydrogen) atoms. The summed E-state index contributed by atoms with van der Waals surface area (Å²) in [5, 5.41) is 0. The summed E-state index contributed by atoms with van der Waals surface area (Å²) in [4.78, 5) is 24.7. The molecule has 2 amide bonds. The lowest BCUT2D eigenvalue weighted by Gasteiger charge is -2.20. The van der Waals surface area contributed by atoms with Crippen molar-refractivity contribution in [3.05, 3.63) is 42.0 Å². The molecule has 0 bridgehead atoms. The number of carbonyl (C=O) groups excluding carboxylic acids is 2. The van der Waals surface area contributed by atoms with Crippen LogP contribution in [0.1, 0.15) is 32.8 Å². The first kappa shape index (κ1) is 12.6. The molecule has 94 valence electrons. The topological polar surface area (TPSA) is 37.4 Å². The summed E-state index contributed by atoms with van der Waals surface area (Å²) < 4.78 is 0. The second-order valence-electron chi connectivity index (χ2n) is 5.61. The minimum absolute atomic E-state index is 0.0567. The molecule has 1 heterocycles. The van der Waals surface area contributed by atoms with Crippen LogP contribution in [0.15, 0.2) is 36.4 Å². The van der Waals surface area contributed by atoms with Gasteiger partial charge in [0.25, 0.3) is 5.91 Å². The third kappa shape index (κ3) is 2.08. The van der Waals surface area contributed by atoms with E-state index in [9.17, 15) is 9.59 Å². The van der Waals surface area contributed by atoms with Gasteiger partial charge in [-0.2, -0.15) is 0 Å². The molecule has 0 radical (unpaired) electrons. The first-order chi connectivity index (χ1) is 8.30. The van der Waals surface area contributed by atoms with Crippen molar-refractivity contribution in [1.82, 2.24) is 0 Å². The van der Waals surface area contributed by atoms with Gasteiger partial charge in [-0.25, -0.2) is 4.90 Å². The highest BCUT2D eigenvalue weighted by Gasteiger charge is 2.33. The van der Waals surface area contributed by atoms with Crippen molar-refractivity contribution in [2.24, 2.45) is 0 Å². The van der Waals surface area contributed by atoms with Crippen LogP contribution in [-0.4, -0.2) is 11.8 Å². The lowest BCUT2D eigenvalue weighted by Crippen LogP contribution is -2.28. The molecule has 1 aromatic carbocycles. The van der Waals surface area contributed by atoms with Crippen molar-refractivity contribution < 1.29 is 9.59 Å². The molecule has 1 saturated heterocycles. The van der Waals surface area contributed by atoms with Crippen LogP contribution in [0.3, 0.4) is 0 Å². The highest BCUT2D eigenvalue weighted by molar-refractivity contribution is 6.27. The van der Waals surface area contributed by atoms with Gasteiger partial charge in [0.1, 0.15) is 0 Å². The van der Waals surface area contributed by atoms with Crippen molar-refractivity contribution in [2.75, 3.05) is 4.90 Å². The first-order valence-electron chi connectivity index (χ1n) is 5.96. The highest BCUT2D eigenvalue weighted by atomic mass is 16.2. The third-order valence-electron chi connectivity index (χ3n) is 3.11. The zero-order valence-electron chi connectivity index (χ0n) is 11.0. The van der Waals surface area contributed by atoms with Gasteiger partial charge in [-0.05, 0) is 23.1 Å². The second kappa shape index (κ2) is 4.09. The van der Waals surface area contributed by atoms with Gasteiger partial charge in [0.15, 0.2) is 0 Å². The van der Waals surface area contributed by atoms with Gasteiger partial charge < -0.3 is 0 Å². The molecule has 0 aliphatic carbocycles. The van der Waals surface area contributed by atoms with E-state index in [2.05, 4.69) is 27.4 Å². The predicted molar refractivity (Wildman–Crippen MR) is 71.4 cm³/mol. The number of rotatable bonds is 1. The van der Waals surface area contributed by atoms with Crippen LogP contribution in [0.4, 0.5) is 5.69 Å². The lowest BCUT2D eigenvalue weighted by molar-refractivity contribution is -0.120. The van der Waals surface area contributed by atoms with Gasteiger partial charge in [-0.15, -0.1) is 0 Å². The van der Waals surface area contributed by atoms with E-state index in [0.29, 0.717) is 11.3 Å². The Morgan fingerprint density at radius 2 is 1.67 bits per heavy atom. The fourth-order valence-corrected chi connectivity index (χ4v) is 1.98. The summed E-state index contributed by atoms with van der Waals surface area (Å²) in [6, 6.07) is 7.54. The van der Waals surface area contributed by atoms with Crippen molar-refractivity contribution in [3.8, 4) is 0 Å². The van der Waals surface area contributed by atoms with Gasteiger partial charge in [-0.1, -0.05) is 39.5 Å². The summed E-state index contributed by atoms with van der Waals surface area (Å²) in [5.41, 5.74) is 2.21. The molecule has 0 N–H and O–H groups in total. The third-order valence-corrected chi connectivity index (χ3v) is 3.11. The van der Waals surface area contributed by atoms with Crippen LogP contribution in [0.2, 0.25) is 0 Å². The minimum atomic E-state index is -0.288.